The van der Waals surface area contributed by atoms with Gasteiger partial charge in [-0.1, -0.05) is 111 Å². The van der Waals surface area contributed by atoms with E-state index in [0.717, 1.165) is 5.92 Å². The van der Waals surface area contributed by atoms with E-state index < -0.39 is 0 Å². The number of hydrogen-bond acceptors (Lipinski definition) is 0. The number of hydrogen-bond donors (Lipinski definition) is 0. The number of halogens is 1. The molecular formula is C23H50BrP. The Morgan fingerprint density at radius 2 is 0.960 bits per heavy atom. The molecule has 0 N–H and O–H groups in total. The van der Waals surface area contributed by atoms with Crippen molar-refractivity contribution in [2.45, 2.75) is 142 Å². The Labute approximate surface area is 174 Å². The molecule has 154 valence electrons. The van der Waals surface area contributed by atoms with Gasteiger partial charge in [0.15, 0.2) is 0 Å². The standard InChI is InChI=1S/C23H49P.BrH/c1-5-9-13-14-15-16-17-19-22(18-10-6-2)23(24,20-11-7-3)21-12-8-4;/h22H,5-21,24H2,1-4H3;1H. The highest BCUT2D eigenvalue weighted by atomic mass is 79.9. The van der Waals surface area contributed by atoms with Gasteiger partial charge in [-0.3, -0.25) is 0 Å². The molecule has 0 aromatic rings. The zero-order valence-corrected chi connectivity index (χ0v) is 21.0. The van der Waals surface area contributed by atoms with Crippen molar-refractivity contribution in [1.82, 2.24) is 0 Å². The molecule has 0 spiro atoms. The average Bonchev–Trinajstić information content (AvgIpc) is 2.59. The zero-order valence-electron chi connectivity index (χ0n) is 18.1. The van der Waals surface area contributed by atoms with Crippen LogP contribution in [0.4, 0.5) is 0 Å². The predicted molar refractivity (Wildman–Crippen MR) is 127 cm³/mol. The minimum absolute atomic E-state index is 0. The molecule has 2 atom stereocenters. The van der Waals surface area contributed by atoms with E-state index in [1.165, 1.54) is 109 Å². The van der Waals surface area contributed by atoms with E-state index in [-0.39, 0.29) is 17.0 Å². The second-order valence-electron chi connectivity index (χ2n) is 8.19. The molecule has 2 heteroatoms. The first-order chi connectivity index (χ1) is 11.6. The summed E-state index contributed by atoms with van der Waals surface area (Å²) < 4.78 is 0. The molecule has 0 rings (SSSR count). The fraction of sp³-hybridized carbons (Fsp3) is 1.00. The molecule has 0 heterocycles. The van der Waals surface area contributed by atoms with Crippen molar-refractivity contribution in [2.24, 2.45) is 5.92 Å². The Bertz CT molecular complexity index is 246. The summed E-state index contributed by atoms with van der Waals surface area (Å²) in [5.41, 5.74) is 0. The molecule has 0 aromatic carbocycles. The maximum atomic E-state index is 3.37. The van der Waals surface area contributed by atoms with E-state index >= 15 is 0 Å². The Kier molecular flexibility index (Phi) is 22.1. The van der Waals surface area contributed by atoms with Gasteiger partial charge >= 0.3 is 0 Å². The fourth-order valence-corrected chi connectivity index (χ4v) is 4.80. The molecule has 0 aliphatic carbocycles. The van der Waals surface area contributed by atoms with Gasteiger partial charge in [-0.15, -0.1) is 26.2 Å². The van der Waals surface area contributed by atoms with E-state index in [1.807, 2.05) is 0 Å². The lowest BCUT2D eigenvalue weighted by atomic mass is 9.77. The van der Waals surface area contributed by atoms with Gasteiger partial charge in [0.05, 0.1) is 0 Å². The molecule has 0 bridgehead atoms. The summed E-state index contributed by atoms with van der Waals surface area (Å²) in [7, 11) is 3.37. The lowest BCUT2D eigenvalue weighted by Crippen LogP contribution is -2.32. The first-order valence-corrected chi connectivity index (χ1v) is 12.0. The van der Waals surface area contributed by atoms with Crippen LogP contribution in [0.25, 0.3) is 0 Å². The van der Waals surface area contributed by atoms with Gasteiger partial charge < -0.3 is 0 Å². The maximum absolute atomic E-state index is 3.37. The van der Waals surface area contributed by atoms with Crippen LogP contribution < -0.4 is 0 Å². The molecule has 0 saturated carbocycles. The summed E-state index contributed by atoms with van der Waals surface area (Å²) in [6.45, 7) is 9.36. The normalized spacial score (nSPS) is 12.8. The molecule has 0 amide bonds. The Morgan fingerprint density at radius 1 is 0.560 bits per heavy atom. The summed E-state index contributed by atoms with van der Waals surface area (Å²) in [5, 5.41) is 0.531. The second kappa shape index (κ2) is 19.7. The van der Waals surface area contributed by atoms with Gasteiger partial charge in [0, 0.05) is 0 Å². The lowest BCUT2D eigenvalue weighted by Gasteiger charge is -2.39. The van der Waals surface area contributed by atoms with Crippen molar-refractivity contribution in [3.63, 3.8) is 0 Å². The minimum Gasteiger partial charge on any atom is -0.131 e. The zero-order chi connectivity index (χ0) is 18.1. The second-order valence-corrected chi connectivity index (χ2v) is 9.34. The van der Waals surface area contributed by atoms with Gasteiger partial charge in [0.2, 0.25) is 0 Å². The van der Waals surface area contributed by atoms with Crippen LogP contribution in [0.15, 0.2) is 0 Å². The van der Waals surface area contributed by atoms with Crippen molar-refractivity contribution < 1.29 is 0 Å². The molecule has 25 heavy (non-hydrogen) atoms. The first-order valence-electron chi connectivity index (χ1n) is 11.4. The smallest absolute Gasteiger partial charge is 0.0122 e. The van der Waals surface area contributed by atoms with E-state index in [2.05, 4.69) is 36.9 Å². The highest BCUT2D eigenvalue weighted by Gasteiger charge is 2.32. The highest BCUT2D eigenvalue weighted by Crippen LogP contribution is 2.43. The van der Waals surface area contributed by atoms with Crippen LogP contribution in [0, 0.1) is 5.92 Å². The van der Waals surface area contributed by atoms with Gasteiger partial charge in [-0.25, -0.2) is 0 Å². The topological polar surface area (TPSA) is 0 Å². The number of unbranched alkanes of at least 4 members (excludes halogenated alkanes) is 9. The van der Waals surface area contributed by atoms with Crippen molar-refractivity contribution in [1.29, 1.82) is 0 Å². The summed E-state index contributed by atoms with van der Waals surface area (Å²) in [4.78, 5) is 0. The van der Waals surface area contributed by atoms with Crippen LogP contribution in [0.5, 0.6) is 0 Å². The highest BCUT2D eigenvalue weighted by molar-refractivity contribution is 8.93. The molecule has 0 radical (unpaired) electrons. The largest absolute Gasteiger partial charge is 0.131 e. The fourth-order valence-electron chi connectivity index (χ4n) is 4.06. The molecule has 0 saturated heterocycles. The van der Waals surface area contributed by atoms with Crippen LogP contribution in [0.3, 0.4) is 0 Å². The molecular weight excluding hydrogens is 387 g/mol. The molecule has 0 aliphatic rings. The third-order valence-electron chi connectivity index (χ3n) is 5.87. The summed E-state index contributed by atoms with van der Waals surface area (Å²) in [6.07, 6.45) is 24.2. The Balaban J connectivity index is 0. The van der Waals surface area contributed by atoms with Gasteiger partial charge in [0.1, 0.15) is 0 Å². The molecule has 0 fully saturated rings. The van der Waals surface area contributed by atoms with Crippen molar-refractivity contribution in [2.75, 3.05) is 0 Å². The predicted octanol–water partition coefficient (Wildman–Crippen LogP) is 9.51. The van der Waals surface area contributed by atoms with E-state index in [4.69, 9.17) is 0 Å². The summed E-state index contributed by atoms with van der Waals surface area (Å²) in [5.74, 6) is 0.941. The SMILES string of the molecule is Br.CCCCCCCCCC(CCCC)C(P)(CCCC)CCCC. The van der Waals surface area contributed by atoms with Gasteiger partial charge in [-0.05, 0) is 36.8 Å². The van der Waals surface area contributed by atoms with Crippen LogP contribution in [-0.4, -0.2) is 5.16 Å². The van der Waals surface area contributed by atoms with E-state index in [9.17, 15) is 0 Å². The summed E-state index contributed by atoms with van der Waals surface area (Å²) >= 11 is 0. The molecule has 2 unspecified atom stereocenters. The Morgan fingerprint density at radius 3 is 1.44 bits per heavy atom. The van der Waals surface area contributed by atoms with Crippen molar-refractivity contribution in [3.8, 4) is 0 Å². The lowest BCUT2D eigenvalue weighted by molar-refractivity contribution is 0.274. The van der Waals surface area contributed by atoms with Crippen LogP contribution >= 0.6 is 26.2 Å². The van der Waals surface area contributed by atoms with Gasteiger partial charge in [0.25, 0.3) is 0 Å². The molecule has 0 aliphatic heterocycles. The third kappa shape index (κ3) is 14.6. The molecule has 0 nitrogen and oxygen atoms in total. The minimum atomic E-state index is 0. The third-order valence-corrected chi connectivity index (χ3v) is 6.92. The average molecular weight is 438 g/mol. The van der Waals surface area contributed by atoms with Crippen molar-refractivity contribution >= 4 is 26.2 Å². The summed E-state index contributed by atoms with van der Waals surface area (Å²) in [6, 6.07) is 0. The van der Waals surface area contributed by atoms with Crippen LogP contribution in [-0.2, 0) is 0 Å². The quantitative estimate of drug-likeness (QED) is 0.148. The van der Waals surface area contributed by atoms with Crippen molar-refractivity contribution in [3.05, 3.63) is 0 Å². The monoisotopic (exact) mass is 436 g/mol. The first kappa shape index (κ1) is 28.1. The van der Waals surface area contributed by atoms with E-state index in [0.29, 0.717) is 5.16 Å². The van der Waals surface area contributed by atoms with Gasteiger partial charge in [-0.2, -0.15) is 0 Å². The van der Waals surface area contributed by atoms with E-state index in [1.54, 1.807) is 0 Å². The number of rotatable bonds is 18. The molecule has 0 aromatic heterocycles. The van der Waals surface area contributed by atoms with Crippen LogP contribution in [0.1, 0.15) is 137 Å². The maximum Gasteiger partial charge on any atom is -0.0122 e. The van der Waals surface area contributed by atoms with Crippen LogP contribution in [0.2, 0.25) is 0 Å². The Hall–Kier alpha value is 0.910.